The number of aryl methyl sites for hydroxylation is 1. The molecule has 0 saturated carbocycles. The highest BCUT2D eigenvalue weighted by atomic mass is 16.3. The predicted octanol–water partition coefficient (Wildman–Crippen LogP) is 5.21. The van der Waals surface area contributed by atoms with Gasteiger partial charge in [-0.15, -0.1) is 0 Å². The molecule has 1 amide bonds. The zero-order valence-corrected chi connectivity index (χ0v) is 17.8. The van der Waals surface area contributed by atoms with E-state index in [1.165, 1.54) is 24.8 Å². The molecule has 1 heterocycles. The number of nitrogens with zero attached hydrogens (tertiary/aromatic N) is 1. The zero-order valence-electron chi connectivity index (χ0n) is 17.8. The molecular formula is C28H27NO2. The van der Waals surface area contributed by atoms with Crippen LogP contribution in [0.15, 0.2) is 78.9 Å². The summed E-state index contributed by atoms with van der Waals surface area (Å²) in [5, 5.41) is 11.4. The molecule has 156 valence electrons. The third kappa shape index (κ3) is 4.40. The fraction of sp³-hybridized carbons (Fsp3) is 0.250. The van der Waals surface area contributed by atoms with E-state index >= 15 is 0 Å². The van der Waals surface area contributed by atoms with Gasteiger partial charge in [-0.05, 0) is 48.1 Å². The molecule has 0 radical (unpaired) electrons. The molecule has 3 nitrogen and oxygen atoms in total. The predicted molar refractivity (Wildman–Crippen MR) is 125 cm³/mol. The topological polar surface area (TPSA) is 40.5 Å². The normalized spacial score (nSPS) is 17.2. The molecular weight excluding hydrogens is 382 g/mol. The van der Waals surface area contributed by atoms with Gasteiger partial charge in [0.05, 0.1) is 12.2 Å². The Balaban J connectivity index is 1.59. The van der Waals surface area contributed by atoms with Gasteiger partial charge >= 0.3 is 0 Å². The Bertz CT molecular complexity index is 1110. The summed E-state index contributed by atoms with van der Waals surface area (Å²) in [5.74, 6) is 5.51. The molecule has 1 N–H and O–H groups in total. The van der Waals surface area contributed by atoms with Crippen LogP contribution in [-0.4, -0.2) is 11.0 Å². The number of carbonyl (C=O) groups excluding carboxylic acids is 1. The third-order valence-corrected chi connectivity index (χ3v) is 5.73. The molecule has 0 fully saturated rings. The second-order valence-electron chi connectivity index (χ2n) is 8.01. The van der Waals surface area contributed by atoms with E-state index in [0.717, 1.165) is 17.5 Å². The molecule has 0 saturated heterocycles. The number of para-hydroxylation sites is 1. The van der Waals surface area contributed by atoms with Gasteiger partial charge in [-0.1, -0.05) is 86.3 Å². The van der Waals surface area contributed by atoms with Gasteiger partial charge in [0.15, 0.2) is 0 Å². The van der Waals surface area contributed by atoms with Crippen molar-refractivity contribution in [2.45, 2.75) is 44.8 Å². The first-order valence-corrected chi connectivity index (χ1v) is 10.9. The molecule has 0 aliphatic carbocycles. The van der Waals surface area contributed by atoms with Crippen LogP contribution in [0.4, 0.5) is 5.69 Å². The first kappa shape index (κ1) is 20.9. The van der Waals surface area contributed by atoms with Gasteiger partial charge in [-0.25, -0.2) is 0 Å². The second kappa shape index (κ2) is 9.20. The Labute approximate surface area is 184 Å². The first-order chi connectivity index (χ1) is 15.1. The fourth-order valence-corrected chi connectivity index (χ4v) is 3.98. The second-order valence-corrected chi connectivity index (χ2v) is 8.01. The summed E-state index contributed by atoms with van der Waals surface area (Å²) in [7, 11) is 0. The van der Waals surface area contributed by atoms with Crippen LogP contribution < -0.4 is 4.90 Å². The van der Waals surface area contributed by atoms with Crippen LogP contribution in [0.5, 0.6) is 0 Å². The first-order valence-electron chi connectivity index (χ1n) is 10.9. The van der Waals surface area contributed by atoms with Crippen LogP contribution in [0, 0.1) is 11.8 Å². The van der Waals surface area contributed by atoms with Crippen molar-refractivity contribution in [3.8, 4) is 11.8 Å². The number of fused-ring (bicyclic) bond motifs is 1. The molecule has 0 aromatic heterocycles. The number of unbranched alkanes of at least 4 members (excludes halogenated alkanes) is 2. The molecule has 3 aromatic carbocycles. The minimum Gasteiger partial charge on any atom is -0.366 e. The Morgan fingerprint density at radius 2 is 1.58 bits per heavy atom. The summed E-state index contributed by atoms with van der Waals surface area (Å²) in [6.45, 7) is 2.60. The standard InChI is InChI=1S/C28H27NO2/c1-2-3-5-10-22-15-17-23(18-16-22)19-20-28(31)25-13-8-9-14-26(25)29(27(28)30)21-24-11-6-4-7-12-24/h4,6-9,11-18,31H,2-3,5,10,21H2,1H3. The Morgan fingerprint density at radius 1 is 0.871 bits per heavy atom. The highest BCUT2D eigenvalue weighted by Gasteiger charge is 2.48. The van der Waals surface area contributed by atoms with Crippen molar-refractivity contribution in [3.05, 3.63) is 101 Å². The van der Waals surface area contributed by atoms with Gasteiger partial charge in [0.1, 0.15) is 0 Å². The Hall–Kier alpha value is -3.35. The molecule has 0 spiro atoms. The minimum atomic E-state index is -1.84. The van der Waals surface area contributed by atoms with E-state index in [4.69, 9.17) is 0 Å². The Morgan fingerprint density at radius 3 is 2.32 bits per heavy atom. The van der Waals surface area contributed by atoms with E-state index in [2.05, 4.69) is 30.9 Å². The number of aliphatic hydroxyl groups is 1. The van der Waals surface area contributed by atoms with Gasteiger partial charge in [-0.2, -0.15) is 0 Å². The molecule has 0 bridgehead atoms. The quantitative estimate of drug-likeness (QED) is 0.449. The summed E-state index contributed by atoms with van der Waals surface area (Å²) in [5.41, 5.74) is 2.49. The SMILES string of the molecule is CCCCCc1ccc(C#CC2(O)C(=O)N(Cc3ccccc3)c3ccccc32)cc1. The lowest BCUT2D eigenvalue weighted by Gasteiger charge is -2.19. The molecule has 1 unspecified atom stereocenters. The van der Waals surface area contributed by atoms with Crippen molar-refractivity contribution in [1.82, 2.24) is 0 Å². The van der Waals surface area contributed by atoms with Crippen molar-refractivity contribution in [2.75, 3.05) is 4.90 Å². The lowest BCUT2D eigenvalue weighted by Crippen LogP contribution is -2.39. The lowest BCUT2D eigenvalue weighted by atomic mass is 9.95. The maximum absolute atomic E-state index is 13.3. The number of benzene rings is 3. The van der Waals surface area contributed by atoms with Crippen LogP contribution in [-0.2, 0) is 23.4 Å². The van der Waals surface area contributed by atoms with Gasteiger partial charge in [0, 0.05) is 11.1 Å². The average molecular weight is 410 g/mol. The molecule has 3 heteroatoms. The number of hydrogen-bond acceptors (Lipinski definition) is 2. The molecule has 3 aromatic rings. The van der Waals surface area contributed by atoms with Crippen LogP contribution in [0.2, 0.25) is 0 Å². The van der Waals surface area contributed by atoms with E-state index in [-0.39, 0.29) is 0 Å². The van der Waals surface area contributed by atoms with Crippen LogP contribution in [0.1, 0.15) is 48.4 Å². The third-order valence-electron chi connectivity index (χ3n) is 5.73. The molecule has 1 aliphatic heterocycles. The van der Waals surface area contributed by atoms with Gasteiger partial charge in [0.2, 0.25) is 5.60 Å². The zero-order chi connectivity index (χ0) is 21.7. The summed E-state index contributed by atoms with van der Waals surface area (Å²) < 4.78 is 0. The van der Waals surface area contributed by atoms with E-state index in [9.17, 15) is 9.90 Å². The highest BCUT2D eigenvalue weighted by Crippen LogP contribution is 2.40. The van der Waals surface area contributed by atoms with Crippen molar-refractivity contribution in [1.29, 1.82) is 0 Å². The van der Waals surface area contributed by atoms with E-state index in [1.54, 1.807) is 11.0 Å². The highest BCUT2D eigenvalue weighted by molar-refractivity contribution is 6.09. The van der Waals surface area contributed by atoms with Gasteiger partial charge < -0.3 is 10.0 Å². The van der Waals surface area contributed by atoms with Gasteiger partial charge in [0.25, 0.3) is 5.91 Å². The number of amides is 1. The van der Waals surface area contributed by atoms with Crippen LogP contribution in [0.3, 0.4) is 0 Å². The van der Waals surface area contributed by atoms with Crippen LogP contribution >= 0.6 is 0 Å². The van der Waals surface area contributed by atoms with E-state index in [0.29, 0.717) is 17.8 Å². The number of hydrogen-bond donors (Lipinski definition) is 1. The molecule has 1 atom stereocenters. The van der Waals surface area contributed by atoms with E-state index in [1.807, 2.05) is 60.7 Å². The van der Waals surface area contributed by atoms with Crippen molar-refractivity contribution in [2.24, 2.45) is 0 Å². The van der Waals surface area contributed by atoms with Crippen molar-refractivity contribution < 1.29 is 9.90 Å². The number of anilines is 1. The minimum absolute atomic E-state index is 0.396. The summed E-state index contributed by atoms with van der Waals surface area (Å²) in [4.78, 5) is 14.9. The van der Waals surface area contributed by atoms with Gasteiger partial charge in [-0.3, -0.25) is 4.79 Å². The fourth-order valence-electron chi connectivity index (χ4n) is 3.98. The molecule has 1 aliphatic rings. The van der Waals surface area contributed by atoms with Crippen molar-refractivity contribution in [3.63, 3.8) is 0 Å². The molecule has 4 rings (SSSR count). The lowest BCUT2D eigenvalue weighted by molar-refractivity contribution is -0.130. The largest absolute Gasteiger partial charge is 0.366 e. The van der Waals surface area contributed by atoms with Crippen LogP contribution in [0.25, 0.3) is 0 Å². The molecule has 31 heavy (non-hydrogen) atoms. The maximum Gasteiger partial charge on any atom is 0.276 e. The smallest absolute Gasteiger partial charge is 0.276 e. The summed E-state index contributed by atoms with van der Waals surface area (Å²) >= 11 is 0. The summed E-state index contributed by atoms with van der Waals surface area (Å²) in [6, 6.07) is 25.2. The maximum atomic E-state index is 13.3. The van der Waals surface area contributed by atoms with E-state index < -0.39 is 11.5 Å². The number of rotatable bonds is 6. The Kier molecular flexibility index (Phi) is 6.21. The monoisotopic (exact) mass is 409 g/mol. The number of carbonyl (C=O) groups is 1. The summed E-state index contributed by atoms with van der Waals surface area (Å²) in [6.07, 6.45) is 4.68. The van der Waals surface area contributed by atoms with Crippen molar-refractivity contribution >= 4 is 11.6 Å². The average Bonchev–Trinajstić information content (AvgIpc) is 3.02.